The SMILES string of the molecule is O=C(O)c1coc(CNCCCn2ccnc2)c1. The standard InChI is InChI=1S/C12H15N3O3/c16-12(17)10-6-11(18-8-10)7-13-2-1-4-15-5-3-14-9-15/h3,5-6,8-9,13H,1-2,4,7H2,(H,16,17). The first-order chi connectivity index (χ1) is 8.75. The summed E-state index contributed by atoms with van der Waals surface area (Å²) in [6, 6.07) is 1.53. The van der Waals surface area contributed by atoms with Crippen LogP contribution in [0.25, 0.3) is 0 Å². The smallest absolute Gasteiger partial charge is 0.338 e. The van der Waals surface area contributed by atoms with Crippen LogP contribution in [0.2, 0.25) is 0 Å². The molecule has 0 aliphatic carbocycles. The van der Waals surface area contributed by atoms with Gasteiger partial charge in [0.1, 0.15) is 12.0 Å². The second-order valence-electron chi connectivity index (χ2n) is 3.94. The third-order valence-electron chi connectivity index (χ3n) is 2.53. The zero-order valence-corrected chi connectivity index (χ0v) is 9.87. The monoisotopic (exact) mass is 249 g/mol. The Morgan fingerprint density at radius 3 is 3.11 bits per heavy atom. The molecular weight excluding hydrogens is 234 g/mol. The predicted molar refractivity (Wildman–Crippen MR) is 64.2 cm³/mol. The predicted octanol–water partition coefficient (Wildman–Crippen LogP) is 1.35. The van der Waals surface area contributed by atoms with Crippen LogP contribution in [-0.2, 0) is 13.1 Å². The van der Waals surface area contributed by atoms with Gasteiger partial charge in [-0.1, -0.05) is 0 Å². The summed E-state index contributed by atoms with van der Waals surface area (Å²) in [4.78, 5) is 14.6. The third-order valence-corrected chi connectivity index (χ3v) is 2.53. The molecule has 2 heterocycles. The molecule has 0 bridgehead atoms. The molecule has 6 heteroatoms. The average Bonchev–Trinajstić information content (AvgIpc) is 2.98. The van der Waals surface area contributed by atoms with Crippen LogP contribution in [0.3, 0.4) is 0 Å². The number of hydrogen-bond donors (Lipinski definition) is 2. The fourth-order valence-corrected chi connectivity index (χ4v) is 1.60. The van der Waals surface area contributed by atoms with Gasteiger partial charge in [0.05, 0.1) is 18.4 Å². The summed E-state index contributed by atoms with van der Waals surface area (Å²) in [7, 11) is 0. The van der Waals surface area contributed by atoms with Gasteiger partial charge in [-0.2, -0.15) is 0 Å². The number of imidazole rings is 1. The summed E-state index contributed by atoms with van der Waals surface area (Å²) in [5.41, 5.74) is 0.185. The Morgan fingerprint density at radius 1 is 1.56 bits per heavy atom. The molecule has 18 heavy (non-hydrogen) atoms. The maximum absolute atomic E-state index is 10.6. The summed E-state index contributed by atoms with van der Waals surface area (Å²) < 4.78 is 7.13. The quantitative estimate of drug-likeness (QED) is 0.724. The number of furan rings is 1. The summed E-state index contributed by atoms with van der Waals surface area (Å²) in [5.74, 6) is -0.333. The summed E-state index contributed by atoms with van der Waals surface area (Å²) in [6.07, 6.45) is 7.69. The van der Waals surface area contributed by atoms with Crippen LogP contribution < -0.4 is 5.32 Å². The first-order valence-corrected chi connectivity index (χ1v) is 5.73. The minimum Gasteiger partial charge on any atom is -0.478 e. The van der Waals surface area contributed by atoms with Gasteiger partial charge in [-0.15, -0.1) is 0 Å². The Bertz CT molecular complexity index is 490. The number of hydrogen-bond acceptors (Lipinski definition) is 4. The second-order valence-corrected chi connectivity index (χ2v) is 3.94. The maximum atomic E-state index is 10.6. The lowest BCUT2D eigenvalue weighted by Gasteiger charge is -2.03. The van der Waals surface area contributed by atoms with Crippen LogP contribution >= 0.6 is 0 Å². The first-order valence-electron chi connectivity index (χ1n) is 5.73. The Labute approximate surface area is 104 Å². The van der Waals surface area contributed by atoms with E-state index in [1.165, 1.54) is 12.3 Å². The van der Waals surface area contributed by atoms with Gasteiger partial charge in [0, 0.05) is 18.9 Å². The normalized spacial score (nSPS) is 10.7. The lowest BCUT2D eigenvalue weighted by molar-refractivity contribution is 0.0696. The van der Waals surface area contributed by atoms with Crippen molar-refractivity contribution in [1.82, 2.24) is 14.9 Å². The van der Waals surface area contributed by atoms with Crippen molar-refractivity contribution >= 4 is 5.97 Å². The molecule has 0 radical (unpaired) electrons. The van der Waals surface area contributed by atoms with E-state index in [1.807, 2.05) is 10.8 Å². The summed E-state index contributed by atoms with van der Waals surface area (Å²) in [5, 5.41) is 11.9. The highest BCUT2D eigenvalue weighted by atomic mass is 16.4. The van der Waals surface area contributed by atoms with E-state index in [1.54, 1.807) is 12.5 Å². The van der Waals surface area contributed by atoms with Gasteiger partial charge in [0.25, 0.3) is 0 Å². The highest BCUT2D eigenvalue weighted by Crippen LogP contribution is 2.07. The highest BCUT2D eigenvalue weighted by molar-refractivity contribution is 5.87. The van der Waals surface area contributed by atoms with Gasteiger partial charge in [0.2, 0.25) is 0 Å². The topological polar surface area (TPSA) is 80.3 Å². The van der Waals surface area contributed by atoms with Crippen molar-refractivity contribution in [3.05, 3.63) is 42.4 Å². The molecule has 0 unspecified atom stereocenters. The maximum Gasteiger partial charge on any atom is 0.338 e. The van der Waals surface area contributed by atoms with Crippen LogP contribution in [0.5, 0.6) is 0 Å². The van der Waals surface area contributed by atoms with Crippen molar-refractivity contribution in [2.45, 2.75) is 19.5 Å². The first kappa shape index (κ1) is 12.4. The van der Waals surface area contributed by atoms with Crippen LogP contribution in [0.15, 0.2) is 35.5 Å². The largest absolute Gasteiger partial charge is 0.478 e. The number of nitrogens with zero attached hydrogens (tertiary/aromatic N) is 2. The van der Waals surface area contributed by atoms with Gasteiger partial charge in [-0.05, 0) is 19.0 Å². The number of nitrogens with one attached hydrogen (secondary N) is 1. The Hall–Kier alpha value is -2.08. The van der Waals surface area contributed by atoms with Crippen molar-refractivity contribution < 1.29 is 14.3 Å². The van der Waals surface area contributed by atoms with E-state index in [4.69, 9.17) is 9.52 Å². The lowest BCUT2D eigenvalue weighted by Crippen LogP contribution is -2.15. The Kier molecular flexibility index (Phi) is 4.14. The van der Waals surface area contributed by atoms with Gasteiger partial charge in [-0.3, -0.25) is 0 Å². The number of aryl methyl sites for hydroxylation is 1. The van der Waals surface area contributed by atoms with Gasteiger partial charge < -0.3 is 19.4 Å². The van der Waals surface area contributed by atoms with E-state index < -0.39 is 5.97 Å². The number of carbonyl (C=O) groups is 1. The molecule has 6 nitrogen and oxygen atoms in total. The molecule has 2 N–H and O–H groups in total. The zero-order valence-electron chi connectivity index (χ0n) is 9.87. The second kappa shape index (κ2) is 6.02. The van der Waals surface area contributed by atoms with E-state index in [-0.39, 0.29) is 5.56 Å². The fraction of sp³-hybridized carbons (Fsp3) is 0.333. The third kappa shape index (κ3) is 3.46. The molecule has 0 saturated heterocycles. The number of aromatic nitrogens is 2. The molecule has 0 aromatic carbocycles. The number of aromatic carboxylic acids is 1. The van der Waals surface area contributed by atoms with E-state index in [9.17, 15) is 4.79 Å². The average molecular weight is 249 g/mol. The van der Waals surface area contributed by atoms with E-state index in [0.29, 0.717) is 12.3 Å². The van der Waals surface area contributed by atoms with Crippen LogP contribution in [0, 0.1) is 0 Å². The zero-order chi connectivity index (χ0) is 12.8. The number of rotatable bonds is 7. The molecule has 0 amide bonds. The molecule has 0 saturated carbocycles. The molecule has 0 spiro atoms. The Balaban J connectivity index is 1.64. The van der Waals surface area contributed by atoms with Crippen molar-refractivity contribution in [3.8, 4) is 0 Å². The van der Waals surface area contributed by atoms with Gasteiger partial charge in [-0.25, -0.2) is 9.78 Å². The minimum atomic E-state index is -0.967. The number of carboxylic acids is 1. The summed E-state index contributed by atoms with van der Waals surface area (Å²) >= 11 is 0. The molecule has 2 rings (SSSR count). The minimum absolute atomic E-state index is 0.185. The molecule has 0 aliphatic rings. The van der Waals surface area contributed by atoms with E-state index >= 15 is 0 Å². The highest BCUT2D eigenvalue weighted by Gasteiger charge is 2.07. The van der Waals surface area contributed by atoms with E-state index in [0.717, 1.165) is 19.5 Å². The van der Waals surface area contributed by atoms with Crippen molar-refractivity contribution in [2.75, 3.05) is 6.54 Å². The molecular formula is C12H15N3O3. The Morgan fingerprint density at radius 2 is 2.44 bits per heavy atom. The summed E-state index contributed by atoms with van der Waals surface area (Å²) in [6.45, 7) is 2.28. The van der Waals surface area contributed by atoms with Crippen LogP contribution in [-0.4, -0.2) is 27.2 Å². The molecule has 96 valence electrons. The molecule has 0 fully saturated rings. The van der Waals surface area contributed by atoms with Crippen molar-refractivity contribution in [1.29, 1.82) is 0 Å². The van der Waals surface area contributed by atoms with Crippen molar-refractivity contribution in [3.63, 3.8) is 0 Å². The lowest BCUT2D eigenvalue weighted by atomic mass is 10.3. The van der Waals surface area contributed by atoms with Crippen LogP contribution in [0.4, 0.5) is 0 Å². The fourth-order valence-electron chi connectivity index (χ4n) is 1.60. The van der Waals surface area contributed by atoms with Crippen LogP contribution in [0.1, 0.15) is 22.5 Å². The van der Waals surface area contributed by atoms with Crippen molar-refractivity contribution in [2.24, 2.45) is 0 Å². The van der Waals surface area contributed by atoms with E-state index in [2.05, 4.69) is 10.3 Å². The molecule has 0 atom stereocenters. The molecule has 2 aromatic rings. The number of carboxylic acid groups (broad SMARTS) is 1. The van der Waals surface area contributed by atoms with Gasteiger partial charge in [0.15, 0.2) is 0 Å². The molecule has 0 aliphatic heterocycles. The van der Waals surface area contributed by atoms with Gasteiger partial charge >= 0.3 is 5.97 Å². The molecule has 2 aromatic heterocycles.